The smallest absolute Gasteiger partial charge is 0.232 e. The molecule has 1 aromatic rings. The zero-order valence-corrected chi connectivity index (χ0v) is 14.7. The molecule has 1 N–H and O–H groups in total. The minimum atomic E-state index is -3.39. The number of rotatable bonds is 8. The fraction of sp³-hybridized carbons (Fsp3) is 0.562. The van der Waals surface area contributed by atoms with Crippen LogP contribution in [-0.4, -0.2) is 33.7 Å². The van der Waals surface area contributed by atoms with E-state index in [4.69, 9.17) is 0 Å². The third-order valence-electron chi connectivity index (χ3n) is 3.42. The van der Waals surface area contributed by atoms with Crippen molar-refractivity contribution in [1.82, 2.24) is 5.32 Å². The van der Waals surface area contributed by atoms with Gasteiger partial charge in [-0.25, -0.2) is 8.42 Å². The second-order valence-electron chi connectivity index (χ2n) is 5.58. The molecule has 1 aromatic carbocycles. The van der Waals surface area contributed by atoms with Crippen molar-refractivity contribution in [3.05, 3.63) is 29.3 Å². The molecule has 0 saturated heterocycles. The number of sulfonamides is 1. The summed E-state index contributed by atoms with van der Waals surface area (Å²) in [5.41, 5.74) is 2.65. The van der Waals surface area contributed by atoms with E-state index in [1.165, 1.54) is 10.6 Å². The van der Waals surface area contributed by atoms with Crippen molar-refractivity contribution in [3.8, 4) is 0 Å². The highest BCUT2D eigenvalue weighted by Crippen LogP contribution is 2.23. The van der Waals surface area contributed by atoms with Crippen molar-refractivity contribution in [2.45, 2.75) is 40.0 Å². The van der Waals surface area contributed by atoms with Crippen LogP contribution in [0.25, 0.3) is 0 Å². The van der Waals surface area contributed by atoms with Gasteiger partial charge in [-0.2, -0.15) is 0 Å². The zero-order valence-electron chi connectivity index (χ0n) is 13.8. The molecule has 0 aromatic heterocycles. The van der Waals surface area contributed by atoms with Crippen LogP contribution in [-0.2, 0) is 14.8 Å². The molecule has 0 unspecified atom stereocenters. The molecule has 0 heterocycles. The second-order valence-corrected chi connectivity index (χ2v) is 7.49. The van der Waals surface area contributed by atoms with Crippen LogP contribution in [0.1, 0.15) is 37.3 Å². The van der Waals surface area contributed by atoms with Gasteiger partial charge in [-0.3, -0.25) is 9.10 Å². The molecule has 5 nitrogen and oxygen atoms in total. The summed E-state index contributed by atoms with van der Waals surface area (Å²) in [6, 6.07) is 5.65. The summed E-state index contributed by atoms with van der Waals surface area (Å²) in [6.45, 7) is 6.43. The predicted molar refractivity (Wildman–Crippen MR) is 90.6 cm³/mol. The van der Waals surface area contributed by atoms with Crippen molar-refractivity contribution < 1.29 is 13.2 Å². The number of benzene rings is 1. The quantitative estimate of drug-likeness (QED) is 0.797. The van der Waals surface area contributed by atoms with Crippen molar-refractivity contribution in [1.29, 1.82) is 0 Å². The Labute approximate surface area is 133 Å². The van der Waals surface area contributed by atoms with Gasteiger partial charge in [-0.1, -0.05) is 31.0 Å². The number of hydrogen-bond acceptors (Lipinski definition) is 3. The Kier molecular flexibility index (Phi) is 6.87. The summed E-state index contributed by atoms with van der Waals surface area (Å²) in [6.07, 6.45) is 3.48. The summed E-state index contributed by atoms with van der Waals surface area (Å²) in [5, 5.41) is 2.78. The first-order valence-electron chi connectivity index (χ1n) is 7.57. The molecule has 22 heavy (non-hydrogen) atoms. The van der Waals surface area contributed by atoms with Gasteiger partial charge in [0.25, 0.3) is 0 Å². The van der Waals surface area contributed by atoms with Crippen molar-refractivity contribution >= 4 is 21.6 Å². The highest BCUT2D eigenvalue weighted by atomic mass is 32.2. The molecular formula is C16H26N2O3S. The number of aryl methyl sites for hydroxylation is 2. The van der Waals surface area contributed by atoms with E-state index >= 15 is 0 Å². The van der Waals surface area contributed by atoms with E-state index in [0.717, 1.165) is 24.0 Å². The fourth-order valence-corrected chi connectivity index (χ4v) is 3.26. The van der Waals surface area contributed by atoms with E-state index in [-0.39, 0.29) is 12.5 Å². The lowest BCUT2D eigenvalue weighted by Crippen LogP contribution is -2.38. The lowest BCUT2D eigenvalue weighted by molar-refractivity contribution is -0.121. The summed E-state index contributed by atoms with van der Waals surface area (Å²) in [4.78, 5) is 11.6. The van der Waals surface area contributed by atoms with Gasteiger partial charge in [-0.05, 0) is 31.9 Å². The molecule has 0 atom stereocenters. The molecule has 6 heteroatoms. The van der Waals surface area contributed by atoms with E-state index in [1.807, 2.05) is 39.0 Å². The maximum Gasteiger partial charge on any atom is 0.232 e. The third kappa shape index (κ3) is 5.67. The Hall–Kier alpha value is -1.56. The largest absolute Gasteiger partial charge is 0.354 e. The van der Waals surface area contributed by atoms with E-state index in [1.54, 1.807) is 0 Å². The number of carbonyl (C=O) groups is 1. The van der Waals surface area contributed by atoms with Crippen LogP contribution in [0.4, 0.5) is 5.69 Å². The summed E-state index contributed by atoms with van der Waals surface area (Å²) < 4.78 is 25.4. The first kappa shape index (κ1) is 18.5. The van der Waals surface area contributed by atoms with E-state index in [2.05, 4.69) is 5.32 Å². The molecule has 0 saturated carbocycles. The number of nitrogens with zero attached hydrogens (tertiary/aromatic N) is 1. The molecule has 0 fully saturated rings. The minimum Gasteiger partial charge on any atom is -0.354 e. The van der Waals surface area contributed by atoms with Crippen LogP contribution < -0.4 is 9.62 Å². The number of nitrogens with one attached hydrogen (secondary N) is 1. The first-order chi connectivity index (χ1) is 10.3. The molecule has 0 bridgehead atoms. The van der Waals surface area contributed by atoms with Crippen molar-refractivity contribution in [2.75, 3.05) is 23.7 Å². The van der Waals surface area contributed by atoms with Crippen LogP contribution in [0.15, 0.2) is 18.2 Å². The third-order valence-corrected chi connectivity index (χ3v) is 4.60. The average molecular weight is 326 g/mol. The summed E-state index contributed by atoms with van der Waals surface area (Å²) in [5.74, 6) is -0.0315. The molecule has 0 spiro atoms. The van der Waals surface area contributed by atoms with Gasteiger partial charge in [-0.15, -0.1) is 0 Å². The van der Waals surface area contributed by atoms with Gasteiger partial charge in [0.1, 0.15) is 0 Å². The molecule has 0 aliphatic heterocycles. The summed E-state index contributed by atoms with van der Waals surface area (Å²) >= 11 is 0. The number of carbonyl (C=O) groups excluding carboxylic acids is 1. The van der Waals surface area contributed by atoms with E-state index in [0.29, 0.717) is 18.7 Å². The molecule has 1 rings (SSSR count). The maximum absolute atomic E-state index is 12.0. The first-order valence-corrected chi connectivity index (χ1v) is 9.42. The Bertz CT molecular complexity index is 612. The van der Waals surface area contributed by atoms with Gasteiger partial charge in [0, 0.05) is 13.0 Å². The molecule has 0 aliphatic rings. The molecule has 0 radical (unpaired) electrons. The van der Waals surface area contributed by atoms with Gasteiger partial charge < -0.3 is 5.32 Å². The number of hydrogen-bond donors (Lipinski definition) is 1. The topological polar surface area (TPSA) is 66.5 Å². The summed E-state index contributed by atoms with van der Waals surface area (Å²) in [7, 11) is -3.39. The van der Waals surface area contributed by atoms with Crippen LogP contribution >= 0.6 is 0 Å². The predicted octanol–water partition coefficient (Wildman–Crippen LogP) is 2.38. The van der Waals surface area contributed by atoms with Crippen molar-refractivity contribution in [3.63, 3.8) is 0 Å². The number of amides is 1. The molecule has 0 aliphatic carbocycles. The molecule has 1 amide bonds. The number of unbranched alkanes of at least 4 members (excludes halogenated alkanes) is 1. The van der Waals surface area contributed by atoms with Gasteiger partial charge in [0.15, 0.2) is 0 Å². The van der Waals surface area contributed by atoms with Crippen LogP contribution in [0.3, 0.4) is 0 Å². The Morgan fingerprint density at radius 3 is 2.50 bits per heavy atom. The Morgan fingerprint density at radius 1 is 1.27 bits per heavy atom. The van der Waals surface area contributed by atoms with Crippen LogP contribution in [0.2, 0.25) is 0 Å². The second kappa shape index (κ2) is 8.17. The monoisotopic (exact) mass is 326 g/mol. The standard InChI is InChI=1S/C16H26N2O3S/c1-5-6-7-16(19)17-10-11-18(22(4,20)21)15-9-8-13(2)12-14(15)3/h8-9,12H,5-7,10-11H2,1-4H3,(H,17,19). The zero-order chi connectivity index (χ0) is 16.8. The van der Waals surface area contributed by atoms with Crippen LogP contribution in [0, 0.1) is 13.8 Å². The Morgan fingerprint density at radius 2 is 1.95 bits per heavy atom. The Balaban J connectivity index is 2.77. The minimum absolute atomic E-state index is 0.0315. The van der Waals surface area contributed by atoms with Crippen molar-refractivity contribution in [2.24, 2.45) is 0 Å². The number of anilines is 1. The fourth-order valence-electron chi connectivity index (χ4n) is 2.27. The lowest BCUT2D eigenvalue weighted by atomic mass is 10.1. The highest BCUT2D eigenvalue weighted by Gasteiger charge is 2.19. The van der Waals surface area contributed by atoms with Gasteiger partial charge >= 0.3 is 0 Å². The van der Waals surface area contributed by atoms with E-state index < -0.39 is 10.0 Å². The lowest BCUT2D eigenvalue weighted by Gasteiger charge is -2.24. The average Bonchev–Trinajstić information content (AvgIpc) is 2.41. The molecular weight excluding hydrogens is 300 g/mol. The SMILES string of the molecule is CCCCC(=O)NCCN(c1ccc(C)cc1C)S(C)(=O)=O. The van der Waals surface area contributed by atoms with Gasteiger partial charge in [0.05, 0.1) is 18.5 Å². The molecule has 124 valence electrons. The maximum atomic E-state index is 12.0. The van der Waals surface area contributed by atoms with Gasteiger partial charge in [0.2, 0.25) is 15.9 Å². The highest BCUT2D eigenvalue weighted by molar-refractivity contribution is 7.92. The normalized spacial score (nSPS) is 11.3. The van der Waals surface area contributed by atoms with E-state index in [9.17, 15) is 13.2 Å². The van der Waals surface area contributed by atoms with Crippen LogP contribution in [0.5, 0.6) is 0 Å².